The van der Waals surface area contributed by atoms with Gasteiger partial charge in [0.25, 0.3) is 0 Å². The lowest BCUT2D eigenvalue weighted by Crippen LogP contribution is -3.00. The van der Waals surface area contributed by atoms with E-state index in [0.29, 0.717) is 29.6 Å². The fourth-order valence-electron chi connectivity index (χ4n) is 5.24. The number of rotatable bonds is 11. The van der Waals surface area contributed by atoms with E-state index in [-0.39, 0.29) is 41.5 Å². The van der Waals surface area contributed by atoms with Crippen LogP contribution in [0.25, 0.3) is 0 Å². The second-order valence-electron chi connectivity index (χ2n) is 9.89. The van der Waals surface area contributed by atoms with Crippen molar-refractivity contribution in [3.8, 4) is 0 Å². The van der Waals surface area contributed by atoms with Gasteiger partial charge in [0.2, 0.25) is 0 Å². The highest BCUT2D eigenvalue weighted by Crippen LogP contribution is 2.42. The number of likely N-dealkylation sites (N-methyl/N-ethyl adjacent to an activating group) is 1. The summed E-state index contributed by atoms with van der Waals surface area (Å²) in [5.74, 6) is -0.863. The molecule has 1 saturated heterocycles. The van der Waals surface area contributed by atoms with Gasteiger partial charge in [-0.25, -0.2) is 9.59 Å². The molecule has 1 aromatic carbocycles. The number of carbonyl (C=O) groups excluding carboxylic acids is 2. The summed E-state index contributed by atoms with van der Waals surface area (Å²) in [5.41, 5.74) is -1.000. The number of hydrogen-bond acceptors (Lipinski definition) is 5. The molecule has 3 atom stereocenters. The number of likely N-dealkylation sites (tertiary alicyclic amines) is 1. The summed E-state index contributed by atoms with van der Waals surface area (Å²) in [7, 11) is 2.01. The standard InChI is InChI=1S/C26H40NO5.BrH/c1-3-4-5-11-18-31-24(28)20-27(2)17-16-23(19-27)32-25(29)26(30,22-14-9-10-15-22)21-12-7-6-8-13-21;/h6-8,12-13,22-23,30H,3-5,9-11,14-20H2,1-2H3;1H/q+1;/p-1/t23-,26-,27+;/m0./s1. The minimum Gasteiger partial charge on any atom is -1.00 e. The molecular formula is C26H40BrNO5. The molecule has 0 radical (unpaired) electrons. The summed E-state index contributed by atoms with van der Waals surface area (Å²) in [4.78, 5) is 25.6. The van der Waals surface area contributed by atoms with Crippen LogP contribution in [0.4, 0.5) is 0 Å². The SMILES string of the molecule is CCCCCCOC(=O)C[N@+]1(C)CC[C@H](OC(=O)[C@](O)(c2ccccc2)C2CCCC2)C1.[Br-]. The Morgan fingerprint density at radius 1 is 1.09 bits per heavy atom. The van der Waals surface area contributed by atoms with Gasteiger partial charge in [0.15, 0.2) is 18.2 Å². The molecule has 0 spiro atoms. The van der Waals surface area contributed by atoms with Crippen molar-refractivity contribution in [2.24, 2.45) is 5.92 Å². The van der Waals surface area contributed by atoms with Crippen LogP contribution in [0.15, 0.2) is 30.3 Å². The number of nitrogens with zero attached hydrogens (tertiary/aromatic N) is 1. The molecule has 1 saturated carbocycles. The van der Waals surface area contributed by atoms with Gasteiger partial charge in [-0.3, -0.25) is 0 Å². The van der Waals surface area contributed by atoms with Crippen LogP contribution >= 0.6 is 0 Å². The van der Waals surface area contributed by atoms with Crippen LogP contribution in [0.5, 0.6) is 0 Å². The number of hydrogen-bond donors (Lipinski definition) is 1. The molecule has 0 bridgehead atoms. The van der Waals surface area contributed by atoms with Crippen molar-refractivity contribution >= 4 is 11.9 Å². The van der Waals surface area contributed by atoms with Crippen LogP contribution in [0, 0.1) is 5.92 Å². The molecule has 186 valence electrons. The Labute approximate surface area is 209 Å². The Hall–Kier alpha value is -1.44. The first kappa shape index (κ1) is 27.8. The van der Waals surface area contributed by atoms with E-state index in [1.165, 1.54) is 0 Å². The zero-order chi connectivity index (χ0) is 23.0. The van der Waals surface area contributed by atoms with Crippen molar-refractivity contribution in [2.45, 2.75) is 76.4 Å². The van der Waals surface area contributed by atoms with Gasteiger partial charge >= 0.3 is 11.9 Å². The van der Waals surface area contributed by atoms with E-state index in [2.05, 4.69) is 6.92 Å². The van der Waals surface area contributed by atoms with Gasteiger partial charge in [0.05, 0.1) is 20.2 Å². The topological polar surface area (TPSA) is 72.8 Å². The van der Waals surface area contributed by atoms with Gasteiger partial charge in [0, 0.05) is 12.3 Å². The van der Waals surface area contributed by atoms with Crippen molar-refractivity contribution < 1.29 is 45.6 Å². The molecule has 1 aliphatic heterocycles. The molecule has 33 heavy (non-hydrogen) atoms. The minimum atomic E-state index is -1.61. The fourth-order valence-corrected chi connectivity index (χ4v) is 5.24. The minimum absolute atomic E-state index is 0. The van der Waals surface area contributed by atoms with Gasteiger partial charge in [-0.05, 0) is 24.8 Å². The average molecular weight is 527 g/mol. The molecular weight excluding hydrogens is 486 g/mol. The third-order valence-electron chi connectivity index (χ3n) is 7.15. The molecule has 0 unspecified atom stereocenters. The Balaban J connectivity index is 0.00000385. The molecule has 2 aliphatic rings. The lowest BCUT2D eigenvalue weighted by Gasteiger charge is -2.33. The van der Waals surface area contributed by atoms with Gasteiger partial charge < -0.3 is 36.0 Å². The number of aliphatic hydroxyl groups is 1. The van der Waals surface area contributed by atoms with Crippen LogP contribution in [0.3, 0.4) is 0 Å². The molecule has 2 fully saturated rings. The molecule has 1 aliphatic carbocycles. The number of halogens is 1. The second-order valence-corrected chi connectivity index (χ2v) is 9.89. The fraction of sp³-hybridized carbons (Fsp3) is 0.692. The van der Waals surface area contributed by atoms with Crippen LogP contribution < -0.4 is 17.0 Å². The van der Waals surface area contributed by atoms with Gasteiger partial charge in [-0.2, -0.15) is 0 Å². The molecule has 0 amide bonds. The number of benzene rings is 1. The van der Waals surface area contributed by atoms with Crippen LogP contribution in [-0.4, -0.2) is 60.9 Å². The van der Waals surface area contributed by atoms with Crippen LogP contribution in [0.2, 0.25) is 0 Å². The molecule has 0 aromatic heterocycles. The average Bonchev–Trinajstić information content (AvgIpc) is 3.44. The van der Waals surface area contributed by atoms with Crippen molar-refractivity contribution in [1.82, 2.24) is 0 Å². The first-order valence-corrected chi connectivity index (χ1v) is 12.4. The quantitative estimate of drug-likeness (QED) is 0.264. The predicted octanol–water partition coefficient (Wildman–Crippen LogP) is 0.954. The summed E-state index contributed by atoms with van der Waals surface area (Å²) in [5, 5.41) is 11.6. The third-order valence-corrected chi connectivity index (χ3v) is 7.15. The maximum absolute atomic E-state index is 13.3. The normalized spacial score (nSPS) is 24.6. The second kappa shape index (κ2) is 12.9. The molecule has 6 nitrogen and oxygen atoms in total. The number of esters is 2. The van der Waals surface area contributed by atoms with E-state index < -0.39 is 11.6 Å². The van der Waals surface area contributed by atoms with Crippen LogP contribution in [-0.2, 0) is 24.7 Å². The summed E-state index contributed by atoms with van der Waals surface area (Å²) < 4.78 is 11.8. The first-order valence-electron chi connectivity index (χ1n) is 12.4. The van der Waals surface area contributed by atoms with E-state index in [9.17, 15) is 14.7 Å². The predicted molar refractivity (Wildman–Crippen MR) is 123 cm³/mol. The van der Waals surface area contributed by atoms with Gasteiger partial charge in [-0.15, -0.1) is 0 Å². The van der Waals surface area contributed by atoms with E-state index in [0.717, 1.165) is 57.9 Å². The van der Waals surface area contributed by atoms with Crippen molar-refractivity contribution in [3.05, 3.63) is 35.9 Å². The highest BCUT2D eigenvalue weighted by atomic mass is 79.9. The lowest BCUT2D eigenvalue weighted by atomic mass is 9.80. The van der Waals surface area contributed by atoms with Crippen molar-refractivity contribution in [2.75, 3.05) is 33.3 Å². The molecule has 7 heteroatoms. The zero-order valence-corrected chi connectivity index (χ0v) is 21.7. The Morgan fingerprint density at radius 3 is 2.45 bits per heavy atom. The third kappa shape index (κ3) is 7.27. The van der Waals surface area contributed by atoms with E-state index in [1.807, 2.05) is 37.4 Å². The Bertz CT molecular complexity index is 754. The molecule has 1 aromatic rings. The monoisotopic (exact) mass is 525 g/mol. The summed E-state index contributed by atoms with van der Waals surface area (Å²) in [6.07, 6.45) is 8.37. The maximum atomic E-state index is 13.3. The number of unbranched alkanes of at least 4 members (excludes halogenated alkanes) is 3. The van der Waals surface area contributed by atoms with E-state index in [4.69, 9.17) is 9.47 Å². The summed E-state index contributed by atoms with van der Waals surface area (Å²) in [6, 6.07) is 9.20. The Kier molecular flexibility index (Phi) is 10.8. The first-order chi connectivity index (χ1) is 15.4. The number of ether oxygens (including phenoxy) is 2. The number of carbonyl (C=O) groups is 2. The maximum Gasteiger partial charge on any atom is 0.361 e. The smallest absolute Gasteiger partial charge is 0.361 e. The number of quaternary nitrogens is 1. The van der Waals surface area contributed by atoms with Crippen molar-refractivity contribution in [3.63, 3.8) is 0 Å². The highest BCUT2D eigenvalue weighted by molar-refractivity contribution is 5.81. The van der Waals surface area contributed by atoms with Crippen molar-refractivity contribution in [1.29, 1.82) is 0 Å². The highest BCUT2D eigenvalue weighted by Gasteiger charge is 2.50. The summed E-state index contributed by atoms with van der Waals surface area (Å²) >= 11 is 0. The lowest BCUT2D eigenvalue weighted by molar-refractivity contribution is -0.891. The van der Waals surface area contributed by atoms with Gasteiger partial charge in [0.1, 0.15) is 6.54 Å². The van der Waals surface area contributed by atoms with Gasteiger partial charge in [-0.1, -0.05) is 69.4 Å². The molecule has 1 heterocycles. The molecule has 3 rings (SSSR count). The summed E-state index contributed by atoms with van der Waals surface area (Å²) in [6.45, 7) is 4.22. The molecule has 1 N–H and O–H groups in total. The van der Waals surface area contributed by atoms with E-state index in [1.54, 1.807) is 0 Å². The zero-order valence-electron chi connectivity index (χ0n) is 20.1. The van der Waals surface area contributed by atoms with E-state index >= 15 is 0 Å². The van der Waals surface area contributed by atoms with Crippen LogP contribution in [0.1, 0.15) is 70.3 Å². The largest absolute Gasteiger partial charge is 1.00 e. The Morgan fingerprint density at radius 2 is 1.79 bits per heavy atom.